The van der Waals surface area contributed by atoms with E-state index in [1.165, 1.54) is 6.92 Å². The van der Waals surface area contributed by atoms with Crippen LogP contribution in [0.1, 0.15) is 34.1 Å². The van der Waals surface area contributed by atoms with Crippen molar-refractivity contribution in [1.82, 2.24) is 0 Å². The van der Waals surface area contributed by atoms with E-state index in [4.69, 9.17) is 0 Å². The molecule has 1 atom stereocenters. The number of alkyl halides is 3. The average Bonchev–Trinajstić information content (AvgIpc) is 1.99. The summed E-state index contributed by atoms with van der Waals surface area (Å²) in [4.78, 5) is 21.9. The first-order valence-electron chi connectivity index (χ1n) is 4.75. The topological polar surface area (TPSA) is 43.4 Å². The summed E-state index contributed by atoms with van der Waals surface area (Å²) in [5.74, 6) is -2.52. The maximum absolute atomic E-state index is 11.8. The molecule has 0 rings (SSSR count). The SMILES string of the molecule is CC(CC(=O)C(C)(C)C)OC(=O)C(F)(F)F. The molecular weight excluding hydrogens is 225 g/mol. The molecule has 6 heteroatoms. The Kier molecular flexibility index (Phi) is 4.52. The number of halogens is 3. The van der Waals surface area contributed by atoms with Crippen molar-refractivity contribution in [3.63, 3.8) is 0 Å². The molecule has 94 valence electrons. The zero-order chi connectivity index (χ0) is 13.1. The summed E-state index contributed by atoms with van der Waals surface area (Å²) in [6, 6.07) is 0. The van der Waals surface area contributed by atoms with Gasteiger partial charge in [0.1, 0.15) is 11.9 Å². The maximum atomic E-state index is 11.8. The van der Waals surface area contributed by atoms with Gasteiger partial charge in [-0.1, -0.05) is 20.8 Å². The zero-order valence-electron chi connectivity index (χ0n) is 9.64. The van der Waals surface area contributed by atoms with Crippen LogP contribution in [0.4, 0.5) is 13.2 Å². The lowest BCUT2D eigenvalue weighted by atomic mass is 9.88. The molecule has 0 aromatic carbocycles. The van der Waals surface area contributed by atoms with Crippen molar-refractivity contribution in [3.8, 4) is 0 Å². The molecule has 0 amide bonds. The van der Waals surface area contributed by atoms with Crippen LogP contribution in [0.3, 0.4) is 0 Å². The van der Waals surface area contributed by atoms with Crippen molar-refractivity contribution >= 4 is 11.8 Å². The van der Waals surface area contributed by atoms with Gasteiger partial charge in [0.2, 0.25) is 0 Å². The standard InChI is InChI=1S/C10H15F3O3/c1-6(5-7(14)9(2,3)4)16-8(15)10(11,12)13/h6H,5H2,1-4H3. The van der Waals surface area contributed by atoms with Gasteiger partial charge in [0.15, 0.2) is 0 Å². The summed E-state index contributed by atoms with van der Waals surface area (Å²) in [5, 5.41) is 0. The molecule has 0 saturated heterocycles. The number of carbonyl (C=O) groups excluding carboxylic acids is 2. The Morgan fingerprint density at radius 3 is 1.94 bits per heavy atom. The number of hydrogen-bond acceptors (Lipinski definition) is 3. The fraction of sp³-hybridized carbons (Fsp3) is 0.800. The molecule has 0 heterocycles. The third-order valence-electron chi connectivity index (χ3n) is 1.85. The second-order valence-corrected chi connectivity index (χ2v) is 4.59. The smallest absolute Gasteiger partial charge is 0.456 e. The lowest BCUT2D eigenvalue weighted by molar-refractivity contribution is -0.204. The fourth-order valence-corrected chi connectivity index (χ4v) is 0.858. The van der Waals surface area contributed by atoms with E-state index in [0.717, 1.165) is 0 Å². The van der Waals surface area contributed by atoms with E-state index < -0.39 is 23.7 Å². The van der Waals surface area contributed by atoms with E-state index in [9.17, 15) is 22.8 Å². The third-order valence-corrected chi connectivity index (χ3v) is 1.85. The number of hydrogen-bond donors (Lipinski definition) is 0. The van der Waals surface area contributed by atoms with Crippen LogP contribution in [0.25, 0.3) is 0 Å². The molecule has 1 unspecified atom stereocenters. The quantitative estimate of drug-likeness (QED) is 0.712. The first-order valence-corrected chi connectivity index (χ1v) is 4.75. The van der Waals surface area contributed by atoms with Gasteiger partial charge in [0.25, 0.3) is 0 Å². The molecule has 0 spiro atoms. The van der Waals surface area contributed by atoms with Crippen LogP contribution in [-0.2, 0) is 14.3 Å². The molecular formula is C10H15F3O3. The number of Topliss-reactive ketones (excluding diaryl/α,β-unsaturated/α-hetero) is 1. The Morgan fingerprint density at radius 1 is 1.19 bits per heavy atom. The van der Waals surface area contributed by atoms with Crippen molar-refractivity contribution in [3.05, 3.63) is 0 Å². The summed E-state index contributed by atoms with van der Waals surface area (Å²) in [6.45, 7) is 6.20. The van der Waals surface area contributed by atoms with Crippen LogP contribution in [0.15, 0.2) is 0 Å². The highest BCUT2D eigenvalue weighted by Gasteiger charge is 2.42. The van der Waals surface area contributed by atoms with E-state index in [0.29, 0.717) is 0 Å². The van der Waals surface area contributed by atoms with E-state index in [1.54, 1.807) is 20.8 Å². The van der Waals surface area contributed by atoms with E-state index >= 15 is 0 Å². The van der Waals surface area contributed by atoms with Gasteiger partial charge >= 0.3 is 12.1 Å². The van der Waals surface area contributed by atoms with Crippen LogP contribution in [0, 0.1) is 5.41 Å². The Bertz CT molecular complexity index is 248. The highest BCUT2D eigenvalue weighted by molar-refractivity contribution is 5.84. The molecule has 16 heavy (non-hydrogen) atoms. The average molecular weight is 240 g/mol. The summed E-state index contributed by atoms with van der Waals surface area (Å²) < 4.78 is 39.6. The lowest BCUT2D eigenvalue weighted by Gasteiger charge is -2.20. The van der Waals surface area contributed by atoms with Gasteiger partial charge in [-0.05, 0) is 6.92 Å². The second-order valence-electron chi connectivity index (χ2n) is 4.59. The molecule has 0 aliphatic rings. The minimum Gasteiger partial charge on any atom is -0.456 e. The van der Waals surface area contributed by atoms with Crippen LogP contribution in [0.2, 0.25) is 0 Å². The van der Waals surface area contributed by atoms with Gasteiger partial charge in [0, 0.05) is 11.8 Å². The molecule has 0 N–H and O–H groups in total. The number of rotatable bonds is 3. The third kappa shape index (κ3) is 5.14. The summed E-state index contributed by atoms with van der Waals surface area (Å²) >= 11 is 0. The Balaban J connectivity index is 4.26. The van der Waals surface area contributed by atoms with Crippen molar-refractivity contribution in [2.75, 3.05) is 0 Å². The predicted molar refractivity (Wildman–Crippen MR) is 50.7 cm³/mol. The van der Waals surface area contributed by atoms with Crippen LogP contribution < -0.4 is 0 Å². The molecule has 3 nitrogen and oxygen atoms in total. The zero-order valence-corrected chi connectivity index (χ0v) is 9.64. The first kappa shape index (κ1) is 14.9. The highest BCUT2D eigenvalue weighted by Crippen LogP contribution is 2.21. The van der Waals surface area contributed by atoms with Gasteiger partial charge in [-0.25, -0.2) is 4.79 Å². The van der Waals surface area contributed by atoms with E-state index in [-0.39, 0.29) is 12.2 Å². The first-order chi connectivity index (χ1) is 6.94. The predicted octanol–water partition coefficient (Wildman–Crippen LogP) is 2.49. The van der Waals surface area contributed by atoms with Crippen LogP contribution >= 0.6 is 0 Å². The van der Waals surface area contributed by atoms with E-state index in [2.05, 4.69) is 4.74 Å². The minimum absolute atomic E-state index is 0.217. The number of esters is 1. The van der Waals surface area contributed by atoms with Gasteiger partial charge in [-0.2, -0.15) is 13.2 Å². The Hall–Kier alpha value is -1.07. The van der Waals surface area contributed by atoms with Crippen molar-refractivity contribution in [2.45, 2.75) is 46.4 Å². The molecule has 0 radical (unpaired) electrons. The van der Waals surface area contributed by atoms with Crippen molar-refractivity contribution < 1.29 is 27.5 Å². The molecule has 0 saturated carbocycles. The molecule has 0 bridgehead atoms. The second kappa shape index (κ2) is 4.84. The number of ketones is 1. The van der Waals surface area contributed by atoms with Crippen LogP contribution in [0.5, 0.6) is 0 Å². The normalized spacial score (nSPS) is 14.4. The molecule has 0 fully saturated rings. The Labute approximate surface area is 92.0 Å². The van der Waals surface area contributed by atoms with Gasteiger partial charge in [-0.3, -0.25) is 4.79 Å². The summed E-state index contributed by atoms with van der Waals surface area (Å²) in [6.07, 6.45) is -6.30. The summed E-state index contributed by atoms with van der Waals surface area (Å²) in [5.41, 5.74) is -0.654. The van der Waals surface area contributed by atoms with Gasteiger partial charge in [-0.15, -0.1) is 0 Å². The molecule has 0 aromatic rings. The molecule has 0 aliphatic heterocycles. The van der Waals surface area contributed by atoms with Crippen molar-refractivity contribution in [2.24, 2.45) is 5.41 Å². The summed E-state index contributed by atoms with van der Waals surface area (Å²) in [7, 11) is 0. The lowest BCUT2D eigenvalue weighted by Crippen LogP contribution is -2.32. The van der Waals surface area contributed by atoms with E-state index in [1.807, 2.05) is 0 Å². The Morgan fingerprint density at radius 2 is 1.62 bits per heavy atom. The highest BCUT2D eigenvalue weighted by atomic mass is 19.4. The van der Waals surface area contributed by atoms with Gasteiger partial charge < -0.3 is 4.74 Å². The maximum Gasteiger partial charge on any atom is 0.490 e. The van der Waals surface area contributed by atoms with Crippen molar-refractivity contribution in [1.29, 1.82) is 0 Å². The fourth-order valence-electron chi connectivity index (χ4n) is 0.858. The van der Waals surface area contributed by atoms with Gasteiger partial charge in [0.05, 0.1) is 0 Å². The number of carbonyl (C=O) groups is 2. The largest absolute Gasteiger partial charge is 0.490 e. The molecule has 0 aromatic heterocycles. The molecule has 0 aliphatic carbocycles. The minimum atomic E-state index is -5.01. The monoisotopic (exact) mass is 240 g/mol. The number of ether oxygens (including phenoxy) is 1. The van der Waals surface area contributed by atoms with Crippen LogP contribution in [-0.4, -0.2) is 24.0 Å².